The molecule has 3 rings (SSSR count). The average molecular weight is 273 g/mol. The first kappa shape index (κ1) is 13.4. The molecule has 20 heavy (non-hydrogen) atoms. The first-order valence-electron chi connectivity index (χ1n) is 7.54. The summed E-state index contributed by atoms with van der Waals surface area (Å²) in [4.78, 5) is 13.9. The first-order chi connectivity index (χ1) is 9.65. The fourth-order valence-corrected chi connectivity index (χ4v) is 3.49. The van der Waals surface area contributed by atoms with Gasteiger partial charge in [-0.3, -0.25) is 4.79 Å². The van der Waals surface area contributed by atoms with Crippen LogP contribution < -0.4 is 16.0 Å². The highest BCUT2D eigenvalue weighted by Crippen LogP contribution is 2.32. The molecule has 3 N–H and O–H groups in total. The van der Waals surface area contributed by atoms with Crippen LogP contribution >= 0.6 is 0 Å². The van der Waals surface area contributed by atoms with Crippen LogP contribution in [0.3, 0.4) is 0 Å². The van der Waals surface area contributed by atoms with Crippen molar-refractivity contribution < 1.29 is 4.79 Å². The minimum absolute atomic E-state index is 0.0509. The summed E-state index contributed by atoms with van der Waals surface area (Å²) in [5.41, 5.74) is 8.56. The lowest BCUT2D eigenvalue weighted by Crippen LogP contribution is -2.54. The molecule has 108 valence electrons. The maximum atomic E-state index is 11.5. The number of para-hydroxylation sites is 1. The summed E-state index contributed by atoms with van der Waals surface area (Å²) >= 11 is 0. The van der Waals surface area contributed by atoms with E-state index in [0.29, 0.717) is 18.4 Å². The van der Waals surface area contributed by atoms with Gasteiger partial charge in [0.25, 0.3) is 0 Å². The van der Waals surface area contributed by atoms with Crippen molar-refractivity contribution in [1.82, 2.24) is 5.32 Å². The number of hydrogen-bond donors (Lipinski definition) is 2. The molecule has 3 atom stereocenters. The molecule has 2 aliphatic heterocycles. The van der Waals surface area contributed by atoms with Crippen molar-refractivity contribution in [3.63, 3.8) is 0 Å². The number of amides is 1. The lowest BCUT2D eigenvalue weighted by atomic mass is 9.84. The first-order valence-corrected chi connectivity index (χ1v) is 7.54. The van der Waals surface area contributed by atoms with Gasteiger partial charge in [0.2, 0.25) is 5.91 Å². The van der Waals surface area contributed by atoms with Crippen LogP contribution in [0.1, 0.15) is 37.8 Å². The molecule has 1 amide bonds. The normalized spacial score (nSPS) is 27.7. The van der Waals surface area contributed by atoms with E-state index in [2.05, 4.69) is 34.5 Å². The highest BCUT2D eigenvalue weighted by atomic mass is 16.1. The Balaban J connectivity index is 1.78. The molecule has 0 spiro atoms. The van der Waals surface area contributed by atoms with E-state index in [1.807, 2.05) is 6.92 Å². The van der Waals surface area contributed by atoms with Gasteiger partial charge in [-0.25, -0.2) is 0 Å². The standard InChI is InChI=1S/C16H23N3O/c1-11(17)13-4-2-3-5-15(13)19-9-8-14-12(10-19)6-7-16(20)18-14/h2-5,11-12,14H,6-10,17H2,1H3,(H,18,20)/t11-,12?,14?/m0/s1. The van der Waals surface area contributed by atoms with Crippen molar-refractivity contribution in [2.45, 2.75) is 38.3 Å². The summed E-state index contributed by atoms with van der Waals surface area (Å²) in [5, 5.41) is 3.14. The minimum atomic E-state index is 0.0509. The van der Waals surface area contributed by atoms with Crippen molar-refractivity contribution in [3.05, 3.63) is 29.8 Å². The second-order valence-electron chi connectivity index (χ2n) is 6.05. The molecule has 4 nitrogen and oxygen atoms in total. The number of piperidine rings is 2. The van der Waals surface area contributed by atoms with Gasteiger partial charge < -0.3 is 16.0 Å². The van der Waals surface area contributed by atoms with E-state index in [1.165, 1.54) is 11.3 Å². The molecule has 1 aromatic rings. The van der Waals surface area contributed by atoms with Crippen LogP contribution in [0.15, 0.2) is 24.3 Å². The van der Waals surface area contributed by atoms with Gasteiger partial charge in [-0.2, -0.15) is 0 Å². The summed E-state index contributed by atoms with van der Waals surface area (Å²) in [6, 6.07) is 8.84. The Morgan fingerprint density at radius 2 is 2.15 bits per heavy atom. The molecule has 0 saturated carbocycles. The summed E-state index contributed by atoms with van der Waals surface area (Å²) in [5.74, 6) is 0.790. The molecule has 2 unspecified atom stereocenters. The molecule has 2 heterocycles. The largest absolute Gasteiger partial charge is 0.371 e. The number of carbonyl (C=O) groups is 1. The Bertz CT molecular complexity index is 500. The lowest BCUT2D eigenvalue weighted by molar-refractivity contribution is -0.124. The zero-order chi connectivity index (χ0) is 14.1. The van der Waals surface area contributed by atoms with Crippen molar-refractivity contribution >= 4 is 11.6 Å². The maximum Gasteiger partial charge on any atom is 0.220 e. The van der Waals surface area contributed by atoms with Crippen LogP contribution in [0, 0.1) is 5.92 Å². The number of nitrogens with two attached hydrogens (primary N) is 1. The second kappa shape index (κ2) is 5.44. The highest BCUT2D eigenvalue weighted by Gasteiger charge is 2.34. The average Bonchev–Trinajstić information content (AvgIpc) is 2.46. The van der Waals surface area contributed by atoms with Gasteiger partial charge >= 0.3 is 0 Å². The van der Waals surface area contributed by atoms with Crippen molar-refractivity contribution in [3.8, 4) is 0 Å². The molecule has 0 radical (unpaired) electrons. The number of carbonyl (C=O) groups excluding carboxylic acids is 1. The smallest absolute Gasteiger partial charge is 0.220 e. The van der Waals surface area contributed by atoms with Gasteiger partial charge in [0.1, 0.15) is 0 Å². The molecule has 4 heteroatoms. The van der Waals surface area contributed by atoms with Crippen LogP contribution in [-0.2, 0) is 4.79 Å². The molecule has 2 fully saturated rings. The van der Waals surface area contributed by atoms with E-state index in [4.69, 9.17) is 5.73 Å². The molecular weight excluding hydrogens is 250 g/mol. The van der Waals surface area contributed by atoms with Crippen molar-refractivity contribution in [2.75, 3.05) is 18.0 Å². The Kier molecular flexibility index (Phi) is 3.66. The van der Waals surface area contributed by atoms with E-state index in [-0.39, 0.29) is 11.9 Å². The van der Waals surface area contributed by atoms with Crippen LogP contribution in [0.25, 0.3) is 0 Å². The number of fused-ring (bicyclic) bond motifs is 1. The van der Waals surface area contributed by atoms with Gasteiger partial charge in [0.15, 0.2) is 0 Å². The molecule has 1 aromatic carbocycles. The fraction of sp³-hybridized carbons (Fsp3) is 0.562. The van der Waals surface area contributed by atoms with Gasteiger partial charge in [-0.15, -0.1) is 0 Å². The molecular formula is C16H23N3O. The van der Waals surface area contributed by atoms with Gasteiger partial charge in [0.05, 0.1) is 0 Å². The molecule has 2 saturated heterocycles. The Hall–Kier alpha value is -1.55. The predicted octanol–water partition coefficient (Wildman–Crippen LogP) is 1.81. The highest BCUT2D eigenvalue weighted by molar-refractivity contribution is 5.77. The van der Waals surface area contributed by atoms with E-state index in [0.717, 1.165) is 25.9 Å². The SMILES string of the molecule is C[C@H](N)c1ccccc1N1CCC2NC(=O)CCC2C1. The molecule has 0 aromatic heterocycles. The Morgan fingerprint density at radius 3 is 2.95 bits per heavy atom. The maximum absolute atomic E-state index is 11.5. The topological polar surface area (TPSA) is 58.4 Å². The zero-order valence-corrected chi connectivity index (χ0v) is 12.0. The number of anilines is 1. The van der Waals surface area contributed by atoms with Gasteiger partial charge in [0, 0.05) is 37.3 Å². The summed E-state index contributed by atoms with van der Waals surface area (Å²) in [6.45, 7) is 4.05. The molecule has 0 bridgehead atoms. The number of rotatable bonds is 2. The Labute approximate surface area is 120 Å². The lowest BCUT2D eigenvalue weighted by Gasteiger charge is -2.43. The van der Waals surface area contributed by atoms with Gasteiger partial charge in [-0.1, -0.05) is 18.2 Å². The van der Waals surface area contributed by atoms with Crippen LogP contribution in [0.2, 0.25) is 0 Å². The van der Waals surface area contributed by atoms with Crippen molar-refractivity contribution in [2.24, 2.45) is 11.7 Å². The predicted molar refractivity (Wildman–Crippen MR) is 80.5 cm³/mol. The monoisotopic (exact) mass is 273 g/mol. The van der Waals surface area contributed by atoms with E-state index >= 15 is 0 Å². The quantitative estimate of drug-likeness (QED) is 0.864. The molecule has 2 aliphatic rings. The minimum Gasteiger partial charge on any atom is -0.371 e. The number of hydrogen-bond acceptors (Lipinski definition) is 3. The Morgan fingerprint density at radius 1 is 1.35 bits per heavy atom. The van der Waals surface area contributed by atoms with Crippen LogP contribution in [0.4, 0.5) is 5.69 Å². The number of benzene rings is 1. The van der Waals surface area contributed by atoms with E-state index in [9.17, 15) is 4.79 Å². The third-order valence-electron chi connectivity index (χ3n) is 4.59. The van der Waals surface area contributed by atoms with Crippen molar-refractivity contribution in [1.29, 1.82) is 0 Å². The second-order valence-corrected chi connectivity index (χ2v) is 6.05. The summed E-state index contributed by atoms with van der Waals surface area (Å²) in [6.07, 6.45) is 2.71. The van der Waals surface area contributed by atoms with E-state index < -0.39 is 0 Å². The summed E-state index contributed by atoms with van der Waals surface area (Å²) in [7, 11) is 0. The summed E-state index contributed by atoms with van der Waals surface area (Å²) < 4.78 is 0. The van der Waals surface area contributed by atoms with E-state index in [1.54, 1.807) is 0 Å². The van der Waals surface area contributed by atoms with Crippen LogP contribution in [0.5, 0.6) is 0 Å². The number of nitrogens with one attached hydrogen (secondary N) is 1. The zero-order valence-electron chi connectivity index (χ0n) is 12.0. The third kappa shape index (κ3) is 2.52. The fourth-order valence-electron chi connectivity index (χ4n) is 3.49. The number of nitrogens with zero attached hydrogens (tertiary/aromatic N) is 1. The molecule has 0 aliphatic carbocycles. The van der Waals surface area contributed by atoms with Crippen LogP contribution in [-0.4, -0.2) is 25.0 Å². The van der Waals surface area contributed by atoms with Gasteiger partial charge in [-0.05, 0) is 37.3 Å². The third-order valence-corrected chi connectivity index (χ3v) is 4.59.